The van der Waals surface area contributed by atoms with E-state index in [4.69, 9.17) is 0 Å². The summed E-state index contributed by atoms with van der Waals surface area (Å²) in [5.41, 5.74) is 0.985. The number of aromatic amines is 1. The van der Waals surface area contributed by atoms with E-state index < -0.39 is 11.0 Å². The molecule has 3 rings (SSSR count). The summed E-state index contributed by atoms with van der Waals surface area (Å²) >= 11 is 0. The third kappa shape index (κ3) is 5.13. The van der Waals surface area contributed by atoms with Crippen LogP contribution in [0.4, 0.5) is 11.5 Å². The van der Waals surface area contributed by atoms with Gasteiger partial charge in [-0.05, 0) is 18.2 Å². The van der Waals surface area contributed by atoms with Crippen LogP contribution >= 0.6 is 0 Å². The molecule has 0 aromatic carbocycles. The Labute approximate surface area is 174 Å². The molecule has 0 aliphatic carbocycles. The van der Waals surface area contributed by atoms with Gasteiger partial charge in [0, 0.05) is 57.2 Å². The van der Waals surface area contributed by atoms with E-state index in [2.05, 4.69) is 15.6 Å². The van der Waals surface area contributed by atoms with Gasteiger partial charge >= 0.3 is 11.5 Å². The number of pyridine rings is 1. The van der Waals surface area contributed by atoms with E-state index in [-0.39, 0.29) is 23.5 Å². The number of nitrogens with one attached hydrogen (secondary N) is 3. The smallest absolute Gasteiger partial charge is 0.354 e. The fourth-order valence-corrected chi connectivity index (χ4v) is 3.74. The van der Waals surface area contributed by atoms with E-state index in [9.17, 15) is 19.7 Å². The Bertz CT molecular complexity index is 920. The summed E-state index contributed by atoms with van der Waals surface area (Å²) in [5, 5.41) is 17.0. The zero-order chi connectivity index (χ0) is 21.7. The highest BCUT2D eigenvalue weighted by Crippen LogP contribution is 2.25. The molecule has 0 saturated carbocycles. The van der Waals surface area contributed by atoms with Crippen LogP contribution in [0.15, 0.2) is 36.7 Å². The number of hydrogen-bond donors (Lipinski definition) is 2. The first kappa shape index (κ1) is 21.3. The van der Waals surface area contributed by atoms with Gasteiger partial charge in [-0.3, -0.25) is 24.6 Å². The summed E-state index contributed by atoms with van der Waals surface area (Å²) in [6.07, 6.45) is 5.27. The molecule has 10 heteroatoms. The van der Waals surface area contributed by atoms with Crippen LogP contribution in [0.5, 0.6) is 0 Å². The Kier molecular flexibility index (Phi) is 6.65. The number of carbonyl (C=O) groups is 2. The number of rotatable bonds is 7. The standard InChI is InChI=1S/C20H26N6O4/c1-14(27)22-17(13-16-5-4-10-24(16)2)20(28)23-15-7-11-25(12-8-15)19-18(26(29)30)6-3-9-21-19/h3-6,9-10,15,17H,7-8,11-13H2,1-2H3,(H,22,27)(H,23,28)/p+1/t17-/m0/s1. The molecule has 30 heavy (non-hydrogen) atoms. The van der Waals surface area contributed by atoms with Crippen molar-refractivity contribution < 1.29 is 19.5 Å². The number of nitro groups is 1. The minimum Gasteiger partial charge on any atom is -0.354 e. The molecule has 160 valence electrons. The largest absolute Gasteiger partial charge is 0.357 e. The summed E-state index contributed by atoms with van der Waals surface area (Å²) in [5.74, 6) is 0.000291. The number of aryl methyl sites for hydroxylation is 1. The average molecular weight is 415 g/mol. The van der Waals surface area contributed by atoms with Gasteiger partial charge in [0.25, 0.3) is 0 Å². The Hall–Kier alpha value is -3.43. The lowest BCUT2D eigenvalue weighted by atomic mass is 10.0. The van der Waals surface area contributed by atoms with E-state index in [1.54, 1.807) is 12.3 Å². The van der Waals surface area contributed by atoms with Crippen LogP contribution in [0.2, 0.25) is 0 Å². The van der Waals surface area contributed by atoms with Gasteiger partial charge in [0.1, 0.15) is 6.04 Å². The summed E-state index contributed by atoms with van der Waals surface area (Å²) in [6, 6.07) is 6.18. The third-order valence-electron chi connectivity index (χ3n) is 5.33. The van der Waals surface area contributed by atoms with Crippen LogP contribution < -0.4 is 20.5 Å². The summed E-state index contributed by atoms with van der Waals surface area (Å²) in [6.45, 7) is 2.55. The lowest BCUT2D eigenvalue weighted by Crippen LogP contribution is -2.53. The molecular weight excluding hydrogens is 388 g/mol. The molecule has 0 unspecified atom stereocenters. The monoisotopic (exact) mass is 415 g/mol. The minimum absolute atomic E-state index is 0.0354. The molecule has 1 atom stereocenters. The van der Waals surface area contributed by atoms with Gasteiger partial charge in [-0.25, -0.2) is 4.98 Å². The molecule has 2 aromatic rings. The lowest BCUT2D eigenvalue weighted by Gasteiger charge is -2.29. The number of anilines is 1. The zero-order valence-electron chi connectivity index (χ0n) is 17.1. The predicted molar refractivity (Wildman–Crippen MR) is 110 cm³/mol. The molecule has 1 aliphatic rings. The Balaban J connectivity index is 1.60. The molecule has 3 N–H and O–H groups in total. The van der Waals surface area contributed by atoms with E-state index in [0.717, 1.165) is 5.69 Å². The second-order valence-electron chi connectivity index (χ2n) is 7.50. The summed E-state index contributed by atoms with van der Waals surface area (Å²) in [4.78, 5) is 40.2. The molecule has 1 saturated heterocycles. The van der Waals surface area contributed by atoms with Crippen LogP contribution in [0.1, 0.15) is 25.5 Å². The predicted octanol–water partition coefficient (Wildman–Crippen LogP) is 0.580. The van der Waals surface area contributed by atoms with Crippen LogP contribution in [-0.2, 0) is 23.1 Å². The maximum Gasteiger partial charge on any atom is 0.357 e. The number of piperidine rings is 1. The highest BCUT2D eigenvalue weighted by Gasteiger charge is 2.33. The number of hydrogen-bond acceptors (Lipinski definition) is 5. The average Bonchev–Trinajstić information content (AvgIpc) is 3.12. The number of H-pyrrole nitrogens is 1. The van der Waals surface area contributed by atoms with E-state index in [1.807, 2.05) is 34.8 Å². The fourth-order valence-electron chi connectivity index (χ4n) is 3.74. The van der Waals surface area contributed by atoms with Crippen LogP contribution in [-0.4, -0.2) is 46.5 Å². The molecule has 0 bridgehead atoms. The second kappa shape index (κ2) is 9.38. The highest BCUT2D eigenvalue weighted by molar-refractivity contribution is 5.87. The lowest BCUT2D eigenvalue weighted by molar-refractivity contribution is -0.411. The van der Waals surface area contributed by atoms with Crippen molar-refractivity contribution in [3.05, 3.63) is 52.5 Å². The minimum atomic E-state index is -0.655. The topological polar surface area (TPSA) is 124 Å². The normalized spacial score (nSPS) is 15.5. The molecule has 1 fully saturated rings. The van der Waals surface area contributed by atoms with Crippen LogP contribution in [0.25, 0.3) is 0 Å². The fraction of sp³-hybridized carbons (Fsp3) is 0.450. The van der Waals surface area contributed by atoms with E-state index >= 15 is 0 Å². The molecule has 3 heterocycles. The maximum atomic E-state index is 12.8. The molecular formula is C20H27N6O4+. The quantitative estimate of drug-likeness (QED) is 0.506. The first-order chi connectivity index (χ1) is 14.3. The molecule has 10 nitrogen and oxygen atoms in total. The van der Waals surface area contributed by atoms with Crippen LogP contribution in [0, 0.1) is 10.1 Å². The van der Waals surface area contributed by atoms with Gasteiger partial charge < -0.3 is 15.2 Å². The maximum absolute atomic E-state index is 12.8. The van der Waals surface area contributed by atoms with Gasteiger partial charge in [0.15, 0.2) is 0 Å². The summed E-state index contributed by atoms with van der Waals surface area (Å²) < 4.78 is 1.92. The molecule has 1 aliphatic heterocycles. The first-order valence-electron chi connectivity index (χ1n) is 9.93. The van der Waals surface area contributed by atoms with Gasteiger partial charge in [-0.2, -0.15) is 0 Å². The van der Waals surface area contributed by atoms with E-state index in [1.165, 1.54) is 13.0 Å². The van der Waals surface area contributed by atoms with E-state index in [0.29, 0.717) is 38.2 Å². The van der Waals surface area contributed by atoms with Crippen molar-refractivity contribution in [2.24, 2.45) is 7.05 Å². The molecule has 2 amide bonds. The van der Waals surface area contributed by atoms with Crippen molar-refractivity contribution in [1.82, 2.24) is 15.2 Å². The molecule has 0 radical (unpaired) electrons. The van der Waals surface area contributed by atoms with Crippen molar-refractivity contribution >= 4 is 23.3 Å². The van der Waals surface area contributed by atoms with Gasteiger partial charge in [0.05, 0.1) is 24.2 Å². The Morgan fingerprint density at radius 1 is 1.30 bits per heavy atom. The molecule has 0 spiro atoms. The van der Waals surface area contributed by atoms with Crippen molar-refractivity contribution in [2.75, 3.05) is 18.0 Å². The molecule has 2 aromatic heterocycles. The van der Waals surface area contributed by atoms with Crippen molar-refractivity contribution in [1.29, 1.82) is 0 Å². The zero-order valence-corrected chi connectivity index (χ0v) is 17.1. The first-order valence-corrected chi connectivity index (χ1v) is 9.93. The van der Waals surface area contributed by atoms with Crippen molar-refractivity contribution in [3.63, 3.8) is 0 Å². The third-order valence-corrected chi connectivity index (χ3v) is 5.33. The Morgan fingerprint density at radius 3 is 2.63 bits per heavy atom. The number of aromatic nitrogens is 2. The van der Waals surface area contributed by atoms with Crippen molar-refractivity contribution in [2.45, 2.75) is 38.3 Å². The van der Waals surface area contributed by atoms with Gasteiger partial charge in [-0.15, -0.1) is 0 Å². The highest BCUT2D eigenvalue weighted by atomic mass is 16.6. The van der Waals surface area contributed by atoms with Gasteiger partial charge in [0.2, 0.25) is 11.8 Å². The number of carbonyl (C=O) groups excluding carboxylic acids is 2. The second-order valence-corrected chi connectivity index (χ2v) is 7.50. The van der Waals surface area contributed by atoms with Crippen molar-refractivity contribution in [3.8, 4) is 0 Å². The van der Waals surface area contributed by atoms with Crippen LogP contribution in [0.3, 0.4) is 0 Å². The summed E-state index contributed by atoms with van der Waals surface area (Å²) in [7, 11) is 1.90. The Morgan fingerprint density at radius 2 is 2.03 bits per heavy atom. The number of amides is 2. The SMILES string of the molecule is CC(=O)N[C@@H](Cc1cccn1C)C(=O)NC1CCN(c2[nH+]cccc2[N+](=O)[O-])CC1. The number of nitrogens with zero attached hydrogens (tertiary/aromatic N) is 3. The van der Waals surface area contributed by atoms with Gasteiger partial charge in [-0.1, -0.05) is 0 Å².